The Hall–Kier alpha value is -2.10. The van der Waals surface area contributed by atoms with Crippen molar-refractivity contribution in [1.29, 1.82) is 0 Å². The van der Waals surface area contributed by atoms with Gasteiger partial charge in [0.1, 0.15) is 11.6 Å². The minimum absolute atomic E-state index is 0.152. The molecule has 4 heteroatoms. The summed E-state index contributed by atoms with van der Waals surface area (Å²) in [5, 5.41) is 9.76. The van der Waals surface area contributed by atoms with E-state index in [-0.39, 0.29) is 12.2 Å². The van der Waals surface area contributed by atoms with Gasteiger partial charge in [-0.1, -0.05) is 12.1 Å². The Balaban J connectivity index is 2.67. The van der Waals surface area contributed by atoms with E-state index in [1.54, 1.807) is 24.3 Å². The molecule has 0 fully saturated rings. The molecule has 0 aliphatic heterocycles. The van der Waals surface area contributed by atoms with Crippen molar-refractivity contribution < 1.29 is 19.0 Å². The van der Waals surface area contributed by atoms with Crippen molar-refractivity contribution in [3.63, 3.8) is 0 Å². The van der Waals surface area contributed by atoms with Crippen LogP contribution in [0.15, 0.2) is 30.3 Å². The summed E-state index contributed by atoms with van der Waals surface area (Å²) >= 11 is 0. The number of hydrogen-bond donors (Lipinski definition) is 1. The van der Waals surface area contributed by atoms with Crippen LogP contribution in [0.4, 0.5) is 4.39 Å². The minimum atomic E-state index is -0.956. The smallest absolute Gasteiger partial charge is 0.307 e. The summed E-state index contributed by atoms with van der Waals surface area (Å²) in [6, 6.07) is 7.84. The number of ether oxygens (including phenoxy) is 1. The fourth-order valence-corrected chi connectivity index (χ4v) is 1.82. The fraction of sp³-hybridized carbons (Fsp3) is 0.154. The topological polar surface area (TPSA) is 46.5 Å². The number of halogens is 1. The van der Waals surface area contributed by atoms with Crippen LogP contribution in [-0.2, 0) is 11.2 Å². The molecule has 0 amide bonds. The highest BCUT2D eigenvalue weighted by Gasteiger charge is 2.09. The second-order valence-corrected chi connectivity index (χ2v) is 3.70. The van der Waals surface area contributed by atoms with Crippen LogP contribution in [0.25, 0.3) is 10.8 Å². The lowest BCUT2D eigenvalue weighted by atomic mass is 10.0. The molecule has 0 unspecified atom stereocenters. The van der Waals surface area contributed by atoms with Crippen LogP contribution in [-0.4, -0.2) is 18.2 Å². The van der Waals surface area contributed by atoms with E-state index in [4.69, 9.17) is 9.84 Å². The summed E-state index contributed by atoms with van der Waals surface area (Å²) in [6.45, 7) is 0. The molecular formula is C13H11FO3. The van der Waals surface area contributed by atoms with Crippen LogP contribution in [0.5, 0.6) is 5.75 Å². The minimum Gasteiger partial charge on any atom is -0.496 e. The zero-order chi connectivity index (χ0) is 12.4. The Labute approximate surface area is 97.4 Å². The molecule has 0 aliphatic rings. The third-order valence-electron chi connectivity index (χ3n) is 2.54. The second kappa shape index (κ2) is 4.41. The van der Waals surface area contributed by atoms with Crippen molar-refractivity contribution in [3.8, 4) is 5.75 Å². The number of rotatable bonds is 3. The number of carbonyl (C=O) groups is 1. The molecule has 0 saturated heterocycles. The van der Waals surface area contributed by atoms with E-state index in [1.165, 1.54) is 13.2 Å². The van der Waals surface area contributed by atoms with Gasteiger partial charge in [-0.2, -0.15) is 0 Å². The summed E-state index contributed by atoms with van der Waals surface area (Å²) in [7, 11) is 1.48. The molecule has 0 heterocycles. The largest absolute Gasteiger partial charge is 0.496 e. The van der Waals surface area contributed by atoms with Gasteiger partial charge in [-0.15, -0.1) is 0 Å². The monoisotopic (exact) mass is 234 g/mol. The first-order valence-corrected chi connectivity index (χ1v) is 5.08. The Morgan fingerprint density at radius 1 is 1.35 bits per heavy atom. The molecular weight excluding hydrogens is 223 g/mol. The van der Waals surface area contributed by atoms with Gasteiger partial charge in [0.25, 0.3) is 0 Å². The van der Waals surface area contributed by atoms with Gasteiger partial charge in [-0.3, -0.25) is 4.79 Å². The molecule has 0 aromatic heterocycles. The molecule has 2 aromatic rings. The number of methoxy groups -OCH3 is 1. The van der Waals surface area contributed by atoms with E-state index in [0.29, 0.717) is 22.1 Å². The van der Waals surface area contributed by atoms with Crippen molar-refractivity contribution in [3.05, 3.63) is 41.7 Å². The summed E-state index contributed by atoms with van der Waals surface area (Å²) in [4.78, 5) is 10.7. The summed E-state index contributed by atoms with van der Waals surface area (Å²) < 4.78 is 18.8. The quantitative estimate of drug-likeness (QED) is 0.887. The predicted octanol–water partition coefficient (Wildman–Crippen LogP) is 2.61. The van der Waals surface area contributed by atoms with E-state index in [1.807, 2.05) is 0 Å². The molecule has 3 nitrogen and oxygen atoms in total. The lowest BCUT2D eigenvalue weighted by molar-refractivity contribution is -0.136. The number of carboxylic acid groups (broad SMARTS) is 1. The highest BCUT2D eigenvalue weighted by Crippen LogP contribution is 2.29. The first-order valence-electron chi connectivity index (χ1n) is 5.08. The maximum atomic E-state index is 13.6. The van der Waals surface area contributed by atoms with E-state index in [2.05, 4.69) is 0 Å². The Bertz CT molecular complexity index is 578. The van der Waals surface area contributed by atoms with Crippen LogP contribution >= 0.6 is 0 Å². The van der Waals surface area contributed by atoms with Gasteiger partial charge in [0.05, 0.1) is 13.5 Å². The van der Waals surface area contributed by atoms with E-state index < -0.39 is 5.97 Å². The van der Waals surface area contributed by atoms with Crippen molar-refractivity contribution in [2.75, 3.05) is 7.11 Å². The predicted molar refractivity (Wildman–Crippen MR) is 61.8 cm³/mol. The zero-order valence-corrected chi connectivity index (χ0v) is 9.24. The average molecular weight is 234 g/mol. The van der Waals surface area contributed by atoms with Crippen molar-refractivity contribution in [2.45, 2.75) is 6.42 Å². The maximum Gasteiger partial charge on any atom is 0.307 e. The van der Waals surface area contributed by atoms with Gasteiger partial charge >= 0.3 is 5.97 Å². The SMILES string of the molecule is COc1cc(CC(=O)O)cc2c(F)cccc12. The molecule has 88 valence electrons. The standard InChI is InChI=1S/C13H11FO3/c1-17-12-6-8(7-13(15)16)5-10-9(12)3-2-4-11(10)14/h2-6H,7H2,1H3,(H,15,16). The second-order valence-electron chi connectivity index (χ2n) is 3.70. The Morgan fingerprint density at radius 3 is 2.76 bits per heavy atom. The fourth-order valence-electron chi connectivity index (χ4n) is 1.82. The van der Waals surface area contributed by atoms with Crippen LogP contribution in [0.1, 0.15) is 5.56 Å². The van der Waals surface area contributed by atoms with Crippen molar-refractivity contribution in [2.24, 2.45) is 0 Å². The van der Waals surface area contributed by atoms with Gasteiger partial charge in [0.15, 0.2) is 0 Å². The number of aliphatic carboxylic acids is 1. The van der Waals surface area contributed by atoms with Crippen LogP contribution in [0.2, 0.25) is 0 Å². The van der Waals surface area contributed by atoms with Crippen LogP contribution < -0.4 is 4.74 Å². The van der Waals surface area contributed by atoms with Crippen molar-refractivity contribution in [1.82, 2.24) is 0 Å². The van der Waals surface area contributed by atoms with Gasteiger partial charge in [0, 0.05) is 10.8 Å². The third-order valence-corrected chi connectivity index (χ3v) is 2.54. The maximum absolute atomic E-state index is 13.6. The molecule has 2 rings (SSSR count). The molecule has 1 N–H and O–H groups in total. The van der Waals surface area contributed by atoms with Gasteiger partial charge in [-0.25, -0.2) is 4.39 Å². The van der Waals surface area contributed by atoms with Gasteiger partial charge in [-0.05, 0) is 23.8 Å². The number of hydrogen-bond acceptors (Lipinski definition) is 2. The highest BCUT2D eigenvalue weighted by atomic mass is 19.1. The van der Waals surface area contributed by atoms with Gasteiger partial charge in [0.2, 0.25) is 0 Å². The third kappa shape index (κ3) is 2.20. The van der Waals surface area contributed by atoms with E-state index in [9.17, 15) is 9.18 Å². The molecule has 0 aliphatic carbocycles. The molecule has 0 atom stereocenters. The van der Waals surface area contributed by atoms with Crippen molar-refractivity contribution >= 4 is 16.7 Å². The van der Waals surface area contributed by atoms with Gasteiger partial charge < -0.3 is 9.84 Å². The number of benzene rings is 2. The lowest BCUT2D eigenvalue weighted by Gasteiger charge is -2.08. The molecule has 17 heavy (non-hydrogen) atoms. The first-order chi connectivity index (χ1) is 8.11. The van der Waals surface area contributed by atoms with Crippen LogP contribution in [0.3, 0.4) is 0 Å². The Kier molecular flexibility index (Phi) is 2.95. The molecule has 2 aromatic carbocycles. The molecule has 0 spiro atoms. The molecule has 0 radical (unpaired) electrons. The molecule has 0 bridgehead atoms. The van der Waals surface area contributed by atoms with E-state index >= 15 is 0 Å². The highest BCUT2D eigenvalue weighted by molar-refractivity contribution is 5.90. The number of fused-ring (bicyclic) bond motifs is 1. The zero-order valence-electron chi connectivity index (χ0n) is 9.24. The van der Waals surface area contributed by atoms with Crippen LogP contribution in [0, 0.1) is 5.82 Å². The summed E-state index contributed by atoms with van der Waals surface area (Å²) in [5.41, 5.74) is 0.520. The average Bonchev–Trinajstić information content (AvgIpc) is 2.28. The first kappa shape index (κ1) is 11.4. The lowest BCUT2D eigenvalue weighted by Crippen LogP contribution is -2.01. The molecule has 0 saturated carbocycles. The number of carboxylic acids is 1. The van der Waals surface area contributed by atoms with E-state index in [0.717, 1.165) is 0 Å². The summed E-state index contributed by atoms with van der Waals surface area (Å²) in [5.74, 6) is -0.853. The Morgan fingerprint density at radius 2 is 2.12 bits per heavy atom. The normalized spacial score (nSPS) is 10.5. The summed E-state index contributed by atoms with van der Waals surface area (Å²) in [6.07, 6.45) is -0.152.